The highest BCUT2D eigenvalue weighted by atomic mass is 35.5. The Bertz CT molecular complexity index is 1290. The molecule has 0 N–H and O–H groups in total. The van der Waals surface area contributed by atoms with Gasteiger partial charge in [-0.15, -0.1) is 0 Å². The lowest BCUT2D eigenvalue weighted by Gasteiger charge is -2.14. The Kier molecular flexibility index (Phi) is 8.78. The van der Waals surface area contributed by atoms with Gasteiger partial charge in [-0.05, 0) is 85.9 Å². The summed E-state index contributed by atoms with van der Waals surface area (Å²) in [6.45, 7) is 9.88. The second kappa shape index (κ2) is 11.4. The van der Waals surface area contributed by atoms with Crippen LogP contribution in [0.1, 0.15) is 30.0 Å². The third-order valence-electron chi connectivity index (χ3n) is 5.68. The summed E-state index contributed by atoms with van der Waals surface area (Å²) in [4.78, 5) is 6.08. The summed E-state index contributed by atoms with van der Waals surface area (Å²) in [5.41, 5.74) is 5.26. The molecule has 178 valence electrons. The SMILES string of the molecule is [C-]#[N+]c1cc(-c2c(Cl)cc(CCCc3ccc(S(=O)(=O)CC)cc3)cc2Cl)ccc1CN(C)C. The van der Waals surface area contributed by atoms with Crippen LogP contribution in [0, 0.1) is 6.57 Å². The minimum Gasteiger partial charge on any atom is -0.306 e. The van der Waals surface area contributed by atoms with Crippen LogP contribution in [0.25, 0.3) is 16.0 Å². The summed E-state index contributed by atoms with van der Waals surface area (Å²) in [5.74, 6) is 0.100. The molecule has 0 fully saturated rings. The molecule has 0 unspecified atom stereocenters. The van der Waals surface area contributed by atoms with Gasteiger partial charge in [-0.2, -0.15) is 0 Å². The van der Waals surface area contributed by atoms with Crippen LogP contribution in [-0.4, -0.2) is 33.2 Å². The van der Waals surface area contributed by atoms with Gasteiger partial charge in [-0.25, -0.2) is 13.3 Å². The van der Waals surface area contributed by atoms with E-state index < -0.39 is 9.84 Å². The maximum absolute atomic E-state index is 12.0. The van der Waals surface area contributed by atoms with E-state index in [1.54, 1.807) is 19.1 Å². The molecule has 0 aliphatic rings. The van der Waals surface area contributed by atoms with E-state index in [2.05, 4.69) is 4.85 Å². The quantitative estimate of drug-likeness (QED) is 0.282. The Balaban J connectivity index is 1.72. The maximum atomic E-state index is 12.0. The minimum absolute atomic E-state index is 0.100. The lowest BCUT2D eigenvalue weighted by molar-refractivity contribution is 0.403. The van der Waals surface area contributed by atoms with Crippen molar-refractivity contribution < 1.29 is 8.42 Å². The predicted octanol–water partition coefficient (Wildman–Crippen LogP) is 7.24. The number of rotatable bonds is 9. The molecule has 34 heavy (non-hydrogen) atoms. The normalized spacial score (nSPS) is 11.6. The van der Waals surface area contributed by atoms with Gasteiger partial charge in [0.2, 0.25) is 0 Å². The number of aryl methyl sites for hydroxylation is 2. The molecule has 0 saturated heterocycles. The van der Waals surface area contributed by atoms with Crippen LogP contribution < -0.4 is 0 Å². The number of hydrogen-bond acceptors (Lipinski definition) is 3. The molecule has 0 spiro atoms. The van der Waals surface area contributed by atoms with E-state index in [0.29, 0.717) is 27.2 Å². The lowest BCUT2D eigenvalue weighted by atomic mass is 9.98. The fraction of sp³-hybridized carbons (Fsp3) is 0.296. The Morgan fingerprint density at radius 1 is 0.912 bits per heavy atom. The van der Waals surface area contributed by atoms with E-state index in [-0.39, 0.29) is 5.75 Å². The second-order valence-corrected chi connectivity index (χ2v) is 11.6. The van der Waals surface area contributed by atoms with Crippen LogP contribution >= 0.6 is 23.2 Å². The Hall–Kier alpha value is -2.36. The molecule has 3 aromatic rings. The second-order valence-electron chi connectivity index (χ2n) is 8.53. The molecule has 0 saturated carbocycles. The van der Waals surface area contributed by atoms with Crippen LogP contribution in [0.5, 0.6) is 0 Å². The smallest absolute Gasteiger partial charge is 0.192 e. The van der Waals surface area contributed by atoms with Crippen molar-refractivity contribution in [3.05, 3.63) is 92.8 Å². The first-order valence-electron chi connectivity index (χ1n) is 11.1. The first kappa shape index (κ1) is 26.2. The number of hydrogen-bond donors (Lipinski definition) is 0. The van der Waals surface area contributed by atoms with Crippen molar-refractivity contribution in [1.29, 1.82) is 0 Å². The van der Waals surface area contributed by atoms with Gasteiger partial charge in [0, 0.05) is 12.1 Å². The van der Waals surface area contributed by atoms with Gasteiger partial charge in [0.25, 0.3) is 0 Å². The molecule has 0 aliphatic heterocycles. The van der Waals surface area contributed by atoms with Crippen LogP contribution in [-0.2, 0) is 29.2 Å². The van der Waals surface area contributed by atoms with Gasteiger partial charge in [0.1, 0.15) is 0 Å². The molecule has 0 bridgehead atoms. The van der Waals surface area contributed by atoms with E-state index in [1.807, 2.05) is 61.5 Å². The fourth-order valence-corrected chi connectivity index (χ4v) is 5.50. The van der Waals surface area contributed by atoms with Crippen LogP contribution in [0.3, 0.4) is 0 Å². The van der Waals surface area contributed by atoms with Crippen LogP contribution in [0.2, 0.25) is 10.0 Å². The molecular formula is C27H28Cl2N2O2S. The van der Waals surface area contributed by atoms with E-state index in [1.165, 1.54) is 0 Å². The largest absolute Gasteiger partial charge is 0.306 e. The molecule has 0 radical (unpaired) electrons. The van der Waals surface area contributed by atoms with E-state index >= 15 is 0 Å². The van der Waals surface area contributed by atoms with Crippen molar-refractivity contribution >= 4 is 38.7 Å². The number of nitrogens with zero attached hydrogens (tertiary/aromatic N) is 2. The number of halogens is 2. The summed E-state index contributed by atoms with van der Waals surface area (Å²) in [7, 11) is 0.769. The average molecular weight is 516 g/mol. The van der Waals surface area contributed by atoms with Gasteiger partial charge < -0.3 is 4.90 Å². The Morgan fingerprint density at radius 2 is 1.53 bits per heavy atom. The maximum Gasteiger partial charge on any atom is 0.192 e. The topological polar surface area (TPSA) is 41.7 Å². The summed E-state index contributed by atoms with van der Waals surface area (Å²) >= 11 is 13.3. The zero-order valence-corrected chi connectivity index (χ0v) is 21.9. The highest BCUT2D eigenvalue weighted by Gasteiger charge is 2.14. The molecule has 0 atom stereocenters. The van der Waals surface area contributed by atoms with Gasteiger partial charge in [-0.3, -0.25) is 0 Å². The van der Waals surface area contributed by atoms with Gasteiger partial charge >= 0.3 is 0 Å². The highest BCUT2D eigenvalue weighted by molar-refractivity contribution is 7.91. The molecule has 3 rings (SSSR count). The first-order valence-corrected chi connectivity index (χ1v) is 13.5. The van der Waals surface area contributed by atoms with Crippen molar-refractivity contribution in [3.8, 4) is 11.1 Å². The molecule has 0 aromatic heterocycles. The minimum atomic E-state index is -3.18. The van der Waals surface area contributed by atoms with E-state index in [4.69, 9.17) is 29.8 Å². The molecular weight excluding hydrogens is 487 g/mol. The Labute approximate surface area is 212 Å². The van der Waals surface area contributed by atoms with Crippen molar-refractivity contribution in [2.75, 3.05) is 19.8 Å². The van der Waals surface area contributed by atoms with Crippen LogP contribution in [0.4, 0.5) is 5.69 Å². The van der Waals surface area contributed by atoms with Gasteiger partial charge in [0.05, 0.1) is 27.3 Å². The lowest BCUT2D eigenvalue weighted by Crippen LogP contribution is -2.10. The fourth-order valence-electron chi connectivity index (χ4n) is 3.87. The van der Waals surface area contributed by atoms with Crippen LogP contribution in [0.15, 0.2) is 59.5 Å². The molecule has 0 amide bonds. The monoisotopic (exact) mass is 514 g/mol. The summed E-state index contributed by atoms with van der Waals surface area (Å²) in [6.07, 6.45) is 2.50. The average Bonchev–Trinajstić information content (AvgIpc) is 2.79. The van der Waals surface area contributed by atoms with E-state index in [9.17, 15) is 8.42 Å². The Morgan fingerprint density at radius 3 is 2.09 bits per heavy atom. The summed E-state index contributed by atoms with van der Waals surface area (Å²) in [5, 5.41) is 1.13. The molecule has 0 aliphatic carbocycles. The van der Waals surface area contributed by atoms with E-state index in [0.717, 1.165) is 47.1 Å². The third-order valence-corrected chi connectivity index (χ3v) is 8.02. The van der Waals surface area contributed by atoms with Crippen molar-refractivity contribution in [2.45, 2.75) is 37.6 Å². The van der Waals surface area contributed by atoms with Crippen molar-refractivity contribution in [2.24, 2.45) is 0 Å². The predicted molar refractivity (Wildman–Crippen MR) is 142 cm³/mol. The zero-order valence-electron chi connectivity index (χ0n) is 19.6. The van der Waals surface area contributed by atoms with Crippen molar-refractivity contribution in [3.63, 3.8) is 0 Å². The summed E-state index contributed by atoms with van der Waals surface area (Å²) in [6, 6.07) is 16.7. The highest BCUT2D eigenvalue weighted by Crippen LogP contribution is 2.38. The molecule has 4 nitrogen and oxygen atoms in total. The summed E-state index contributed by atoms with van der Waals surface area (Å²) < 4.78 is 23.9. The van der Waals surface area contributed by atoms with Gasteiger partial charge in [-0.1, -0.05) is 54.4 Å². The number of sulfone groups is 1. The standard InChI is InChI=1S/C27H28Cl2N2O2S/c1-5-34(32,33)23-13-9-19(10-14-23)7-6-8-20-15-24(28)27(25(29)16-20)21-11-12-22(18-31(3)4)26(17-21)30-2/h9-17H,5-8,18H2,1,3-4H3. The number of benzene rings is 3. The molecule has 3 aromatic carbocycles. The zero-order chi connectivity index (χ0) is 24.9. The molecule has 0 heterocycles. The first-order chi connectivity index (χ1) is 16.1. The van der Waals surface area contributed by atoms with Gasteiger partial charge in [0.15, 0.2) is 15.5 Å². The third kappa shape index (κ3) is 6.40. The van der Waals surface area contributed by atoms with Crippen molar-refractivity contribution in [1.82, 2.24) is 4.90 Å². The molecule has 7 heteroatoms.